The van der Waals surface area contributed by atoms with Gasteiger partial charge in [-0.15, -0.1) is 0 Å². The number of sulfonamides is 2. The van der Waals surface area contributed by atoms with Gasteiger partial charge >= 0.3 is 0 Å². The number of hydrogen-bond donors (Lipinski definition) is 2. The van der Waals surface area contributed by atoms with Crippen LogP contribution in [-0.4, -0.2) is 52.1 Å². The van der Waals surface area contributed by atoms with Gasteiger partial charge in [-0.3, -0.25) is 9.10 Å². The summed E-state index contributed by atoms with van der Waals surface area (Å²) in [6.07, 6.45) is 3.74. The highest BCUT2D eigenvalue weighted by Gasteiger charge is 2.31. The third kappa shape index (κ3) is 6.38. The van der Waals surface area contributed by atoms with Crippen LogP contribution in [0.2, 0.25) is 5.02 Å². The number of amides is 1. The molecule has 0 bridgehead atoms. The second-order valence-corrected chi connectivity index (χ2v) is 11.2. The lowest BCUT2D eigenvalue weighted by Crippen LogP contribution is -2.45. The number of nitrogens with zero attached hydrogens (tertiary/aromatic N) is 3. The molecular formula is C21H22ClN5O6S2. The molecule has 3 aromatic rings. The van der Waals surface area contributed by atoms with Gasteiger partial charge in [-0.2, -0.15) is 0 Å². The number of nitrogens with one attached hydrogen (secondary N) is 2. The summed E-state index contributed by atoms with van der Waals surface area (Å²) < 4.78 is 58.6. The zero-order chi connectivity index (χ0) is 25.8. The molecule has 1 amide bonds. The van der Waals surface area contributed by atoms with Crippen LogP contribution in [0, 0.1) is 0 Å². The maximum Gasteiger partial charge on any atom is 0.264 e. The molecule has 0 unspecified atom stereocenters. The van der Waals surface area contributed by atoms with Crippen molar-refractivity contribution in [2.45, 2.75) is 17.9 Å². The highest BCUT2D eigenvalue weighted by atomic mass is 35.5. The molecule has 1 aromatic heterocycles. The second-order valence-electron chi connectivity index (χ2n) is 7.24. The second kappa shape index (κ2) is 10.5. The summed E-state index contributed by atoms with van der Waals surface area (Å²) in [5.41, 5.74) is 0.351. The molecule has 14 heteroatoms. The number of carbonyl (C=O) groups excluding carboxylic acids is 1. The Bertz CT molecular complexity index is 1420. The standard InChI is InChI=1S/C21H22ClN5O6S2/c1-14(27(34(3,29)30)18-13-15(22)5-10-19(18)33-2)20(28)25-16-6-8-17(9-7-16)35(31,32)26-21-23-11-4-12-24-21/h4-14H,1-3H3,(H,25,28)(H,23,24,26)/t14-/m1/s1. The largest absolute Gasteiger partial charge is 0.495 e. The third-order valence-electron chi connectivity index (χ3n) is 4.69. The molecule has 35 heavy (non-hydrogen) atoms. The van der Waals surface area contributed by atoms with E-state index in [4.69, 9.17) is 16.3 Å². The maximum atomic E-state index is 12.9. The summed E-state index contributed by atoms with van der Waals surface area (Å²) in [6, 6.07) is 10.1. The van der Waals surface area contributed by atoms with Gasteiger partial charge in [0.25, 0.3) is 10.0 Å². The van der Waals surface area contributed by atoms with Gasteiger partial charge in [0.05, 0.1) is 23.9 Å². The SMILES string of the molecule is COc1ccc(Cl)cc1N([C@H](C)C(=O)Nc1ccc(S(=O)(=O)Nc2ncccn2)cc1)S(C)(=O)=O. The minimum Gasteiger partial charge on any atom is -0.495 e. The van der Waals surface area contributed by atoms with Crippen LogP contribution in [0.4, 0.5) is 17.3 Å². The zero-order valence-electron chi connectivity index (χ0n) is 18.8. The van der Waals surface area contributed by atoms with E-state index in [-0.39, 0.29) is 33.0 Å². The Labute approximate surface area is 208 Å². The van der Waals surface area contributed by atoms with Gasteiger partial charge in [-0.25, -0.2) is 31.5 Å². The van der Waals surface area contributed by atoms with Gasteiger partial charge in [0, 0.05) is 23.1 Å². The van der Waals surface area contributed by atoms with Crippen molar-refractivity contribution in [2.24, 2.45) is 0 Å². The van der Waals surface area contributed by atoms with E-state index < -0.39 is 32.0 Å². The van der Waals surface area contributed by atoms with Crippen molar-refractivity contribution < 1.29 is 26.4 Å². The van der Waals surface area contributed by atoms with E-state index in [0.717, 1.165) is 10.6 Å². The Morgan fingerprint density at radius 2 is 1.69 bits per heavy atom. The maximum absolute atomic E-state index is 12.9. The molecule has 0 spiro atoms. The number of rotatable bonds is 9. The summed E-state index contributed by atoms with van der Waals surface area (Å²) in [5.74, 6) is -0.538. The zero-order valence-corrected chi connectivity index (χ0v) is 21.2. The number of benzene rings is 2. The summed E-state index contributed by atoms with van der Waals surface area (Å²) >= 11 is 6.05. The van der Waals surface area contributed by atoms with Gasteiger partial charge < -0.3 is 10.1 Å². The predicted octanol–water partition coefficient (Wildman–Crippen LogP) is 2.73. The minimum atomic E-state index is -3.96. The average molecular weight is 540 g/mol. The molecule has 186 valence electrons. The van der Waals surface area contributed by atoms with Gasteiger partial charge in [-0.1, -0.05) is 11.6 Å². The van der Waals surface area contributed by atoms with Gasteiger partial charge in [-0.05, 0) is 55.5 Å². The first kappa shape index (κ1) is 26.2. The molecule has 3 rings (SSSR count). The lowest BCUT2D eigenvalue weighted by atomic mass is 10.2. The third-order valence-corrected chi connectivity index (χ3v) is 7.50. The predicted molar refractivity (Wildman–Crippen MR) is 133 cm³/mol. The average Bonchev–Trinajstić information content (AvgIpc) is 2.79. The summed E-state index contributed by atoms with van der Waals surface area (Å²) in [7, 11) is -6.52. The van der Waals surface area contributed by atoms with Crippen LogP contribution in [0.1, 0.15) is 6.92 Å². The number of anilines is 3. The van der Waals surface area contributed by atoms with E-state index >= 15 is 0 Å². The van der Waals surface area contributed by atoms with E-state index in [0.29, 0.717) is 0 Å². The van der Waals surface area contributed by atoms with Crippen molar-refractivity contribution in [2.75, 3.05) is 27.7 Å². The van der Waals surface area contributed by atoms with Crippen LogP contribution >= 0.6 is 11.6 Å². The fourth-order valence-electron chi connectivity index (χ4n) is 3.11. The van der Waals surface area contributed by atoms with Gasteiger partial charge in [0.1, 0.15) is 11.8 Å². The van der Waals surface area contributed by atoms with Crippen molar-refractivity contribution in [3.8, 4) is 5.75 Å². The molecule has 0 saturated carbocycles. The van der Waals surface area contributed by atoms with E-state index in [9.17, 15) is 21.6 Å². The van der Waals surface area contributed by atoms with Crippen molar-refractivity contribution in [3.63, 3.8) is 0 Å². The molecule has 2 aromatic carbocycles. The molecule has 0 aliphatic rings. The molecular weight excluding hydrogens is 518 g/mol. The van der Waals surface area contributed by atoms with Crippen LogP contribution in [0.3, 0.4) is 0 Å². The molecule has 1 heterocycles. The molecule has 0 radical (unpaired) electrons. The topological polar surface area (TPSA) is 148 Å². The highest BCUT2D eigenvalue weighted by molar-refractivity contribution is 7.92. The Kier molecular flexibility index (Phi) is 7.83. The molecule has 0 saturated heterocycles. The van der Waals surface area contributed by atoms with Crippen LogP contribution in [0.25, 0.3) is 0 Å². The number of carbonyl (C=O) groups is 1. The Morgan fingerprint density at radius 3 is 2.26 bits per heavy atom. The number of hydrogen-bond acceptors (Lipinski definition) is 8. The minimum absolute atomic E-state index is 0.0857. The van der Waals surface area contributed by atoms with Crippen LogP contribution < -0.4 is 19.1 Å². The van der Waals surface area contributed by atoms with Crippen LogP contribution in [0.15, 0.2) is 65.8 Å². The van der Waals surface area contributed by atoms with Crippen molar-refractivity contribution in [1.29, 1.82) is 0 Å². The fourth-order valence-corrected chi connectivity index (χ4v) is 5.41. The summed E-state index contributed by atoms with van der Waals surface area (Å²) in [5, 5.41) is 2.84. The highest BCUT2D eigenvalue weighted by Crippen LogP contribution is 2.34. The van der Waals surface area contributed by atoms with Crippen molar-refractivity contribution in [1.82, 2.24) is 9.97 Å². The van der Waals surface area contributed by atoms with Gasteiger partial charge in [0.15, 0.2) is 0 Å². The Hall–Kier alpha value is -3.42. The van der Waals surface area contributed by atoms with Crippen LogP contribution in [-0.2, 0) is 24.8 Å². The molecule has 0 aliphatic heterocycles. The monoisotopic (exact) mass is 539 g/mol. The van der Waals surface area contributed by atoms with Crippen molar-refractivity contribution >= 4 is 54.9 Å². The molecule has 1 atom stereocenters. The number of ether oxygens (including phenoxy) is 1. The lowest BCUT2D eigenvalue weighted by Gasteiger charge is -2.29. The smallest absolute Gasteiger partial charge is 0.264 e. The molecule has 0 fully saturated rings. The Morgan fingerprint density at radius 1 is 1.06 bits per heavy atom. The first-order chi connectivity index (χ1) is 16.4. The Balaban J connectivity index is 1.81. The van der Waals surface area contributed by atoms with Crippen molar-refractivity contribution in [3.05, 3.63) is 65.9 Å². The lowest BCUT2D eigenvalue weighted by molar-refractivity contribution is -0.116. The first-order valence-corrected chi connectivity index (χ1v) is 13.7. The van der Waals surface area contributed by atoms with E-state index in [1.807, 2.05) is 0 Å². The molecule has 0 aliphatic carbocycles. The number of halogens is 1. The quantitative estimate of drug-likeness (QED) is 0.421. The molecule has 2 N–H and O–H groups in total. The summed E-state index contributed by atoms with van der Waals surface area (Å²) in [4.78, 5) is 20.5. The normalized spacial score (nSPS) is 12.5. The van der Waals surface area contributed by atoms with Gasteiger partial charge in [0.2, 0.25) is 21.9 Å². The van der Waals surface area contributed by atoms with E-state index in [1.165, 1.54) is 68.9 Å². The fraction of sp³-hybridized carbons (Fsp3) is 0.190. The first-order valence-electron chi connectivity index (χ1n) is 9.96. The molecule has 11 nitrogen and oxygen atoms in total. The van der Waals surface area contributed by atoms with E-state index in [2.05, 4.69) is 20.0 Å². The number of aromatic nitrogens is 2. The summed E-state index contributed by atoms with van der Waals surface area (Å²) in [6.45, 7) is 1.40. The van der Waals surface area contributed by atoms with E-state index in [1.54, 1.807) is 6.07 Å². The number of methoxy groups -OCH3 is 1. The van der Waals surface area contributed by atoms with Crippen LogP contribution in [0.5, 0.6) is 5.75 Å².